The number of hydrogen-bond acceptors (Lipinski definition) is 4. The monoisotopic (exact) mass is 479 g/mol. The molecule has 0 unspecified atom stereocenters. The van der Waals surface area contributed by atoms with Crippen LogP contribution in [0.4, 0.5) is 5.69 Å². The first-order chi connectivity index (χ1) is 15.2. The summed E-state index contributed by atoms with van der Waals surface area (Å²) in [7, 11) is 0. The first-order valence-corrected chi connectivity index (χ1v) is 11.2. The number of nitrogens with zero attached hydrogens (tertiary/aromatic N) is 2. The Morgan fingerprint density at radius 3 is 2.38 bits per heavy atom. The number of nitro benzene ring substituents is 1. The second-order valence-corrected chi connectivity index (χ2v) is 8.39. The van der Waals surface area contributed by atoms with E-state index in [1.165, 1.54) is 11.0 Å². The third-order valence-electron chi connectivity index (χ3n) is 5.25. The molecular formula is C23H27Cl2N3O4. The van der Waals surface area contributed by atoms with Gasteiger partial charge in [-0.05, 0) is 37.5 Å². The van der Waals surface area contributed by atoms with Crippen LogP contribution in [-0.2, 0) is 22.6 Å². The van der Waals surface area contributed by atoms with Gasteiger partial charge in [-0.3, -0.25) is 19.7 Å². The highest BCUT2D eigenvalue weighted by Gasteiger charge is 2.30. The van der Waals surface area contributed by atoms with Gasteiger partial charge in [-0.25, -0.2) is 0 Å². The molecule has 2 amide bonds. The predicted molar refractivity (Wildman–Crippen MR) is 126 cm³/mol. The van der Waals surface area contributed by atoms with E-state index in [4.69, 9.17) is 23.2 Å². The summed E-state index contributed by atoms with van der Waals surface area (Å²) in [5.74, 6) is -0.658. The molecule has 7 nitrogen and oxygen atoms in total. The van der Waals surface area contributed by atoms with Gasteiger partial charge >= 0.3 is 0 Å². The van der Waals surface area contributed by atoms with Gasteiger partial charge in [0.25, 0.3) is 5.69 Å². The van der Waals surface area contributed by atoms with E-state index in [1.807, 2.05) is 20.8 Å². The maximum atomic E-state index is 13.4. The summed E-state index contributed by atoms with van der Waals surface area (Å²) in [5, 5.41) is 15.0. The average Bonchev–Trinajstić information content (AvgIpc) is 2.76. The van der Waals surface area contributed by atoms with Gasteiger partial charge in [0.2, 0.25) is 11.8 Å². The minimum Gasteiger partial charge on any atom is -0.352 e. The van der Waals surface area contributed by atoms with Crippen LogP contribution in [0.3, 0.4) is 0 Å². The molecule has 0 aliphatic rings. The van der Waals surface area contributed by atoms with Crippen LogP contribution in [0.25, 0.3) is 0 Å². The number of benzene rings is 2. The molecular weight excluding hydrogens is 453 g/mol. The summed E-state index contributed by atoms with van der Waals surface area (Å²) < 4.78 is 0. The van der Waals surface area contributed by atoms with Crippen molar-refractivity contribution >= 4 is 40.7 Å². The Morgan fingerprint density at radius 1 is 1.09 bits per heavy atom. The minimum absolute atomic E-state index is 0.0475. The lowest BCUT2D eigenvalue weighted by atomic mass is 10.0. The number of carbonyl (C=O) groups is 2. The fourth-order valence-corrected chi connectivity index (χ4v) is 3.62. The van der Waals surface area contributed by atoms with E-state index in [9.17, 15) is 19.7 Å². The lowest BCUT2D eigenvalue weighted by Crippen LogP contribution is -2.51. The average molecular weight is 480 g/mol. The topological polar surface area (TPSA) is 92.6 Å². The Balaban J connectivity index is 2.39. The van der Waals surface area contributed by atoms with Crippen LogP contribution >= 0.6 is 23.2 Å². The number of amides is 2. The fourth-order valence-electron chi connectivity index (χ4n) is 3.30. The quantitative estimate of drug-likeness (QED) is 0.375. The van der Waals surface area contributed by atoms with Crippen molar-refractivity contribution in [2.45, 2.75) is 58.7 Å². The molecule has 0 spiro atoms. The molecule has 0 radical (unpaired) electrons. The fraction of sp³-hybridized carbons (Fsp3) is 0.391. The van der Waals surface area contributed by atoms with Crippen LogP contribution in [0.1, 0.15) is 44.7 Å². The van der Waals surface area contributed by atoms with Crippen LogP contribution in [0, 0.1) is 10.1 Å². The standard InChI is InChI=1S/C23H27Cl2N3O4/c1-4-15(3)26-23(30)20(5-2)27(14-16-10-11-18(24)19(25)12-16)22(29)13-17-8-6-7-9-21(17)28(31)32/h6-12,15,20H,4-5,13-14H2,1-3H3,(H,26,30)/t15-,20-/m0/s1. The van der Waals surface area contributed by atoms with Crippen molar-refractivity contribution < 1.29 is 14.5 Å². The Morgan fingerprint density at radius 2 is 1.78 bits per heavy atom. The second kappa shape index (κ2) is 11.8. The molecule has 0 saturated carbocycles. The zero-order chi connectivity index (χ0) is 23.8. The first-order valence-electron chi connectivity index (χ1n) is 10.4. The molecule has 2 aromatic carbocycles. The number of rotatable bonds is 10. The van der Waals surface area contributed by atoms with Crippen LogP contribution in [-0.4, -0.2) is 33.7 Å². The van der Waals surface area contributed by atoms with Gasteiger partial charge < -0.3 is 10.2 Å². The van der Waals surface area contributed by atoms with Gasteiger partial charge in [-0.15, -0.1) is 0 Å². The van der Waals surface area contributed by atoms with Crippen molar-refractivity contribution in [3.63, 3.8) is 0 Å². The van der Waals surface area contributed by atoms with Crippen molar-refractivity contribution in [1.82, 2.24) is 10.2 Å². The van der Waals surface area contributed by atoms with Gasteiger partial charge in [-0.2, -0.15) is 0 Å². The van der Waals surface area contributed by atoms with E-state index in [0.717, 1.165) is 6.42 Å². The molecule has 9 heteroatoms. The Labute approximate surface area is 197 Å². The number of para-hydroxylation sites is 1. The molecule has 172 valence electrons. The predicted octanol–water partition coefficient (Wildman–Crippen LogP) is 5.17. The minimum atomic E-state index is -0.742. The molecule has 0 bridgehead atoms. The molecule has 0 aromatic heterocycles. The van der Waals surface area contributed by atoms with Crippen molar-refractivity contribution in [2.24, 2.45) is 0 Å². The molecule has 0 fully saturated rings. The molecule has 2 aromatic rings. The smallest absolute Gasteiger partial charge is 0.273 e. The zero-order valence-corrected chi connectivity index (χ0v) is 19.8. The van der Waals surface area contributed by atoms with Crippen molar-refractivity contribution in [1.29, 1.82) is 0 Å². The van der Waals surface area contributed by atoms with Gasteiger partial charge in [-0.1, -0.05) is 61.3 Å². The van der Waals surface area contributed by atoms with Crippen LogP contribution in [0.5, 0.6) is 0 Å². The van der Waals surface area contributed by atoms with E-state index in [-0.39, 0.29) is 30.6 Å². The van der Waals surface area contributed by atoms with Crippen molar-refractivity contribution in [3.05, 3.63) is 73.8 Å². The first kappa shape index (κ1) is 25.6. The third-order valence-corrected chi connectivity index (χ3v) is 5.99. The lowest BCUT2D eigenvalue weighted by Gasteiger charge is -2.31. The molecule has 0 aliphatic heterocycles. The van der Waals surface area contributed by atoms with Gasteiger partial charge in [0.05, 0.1) is 21.4 Å². The normalized spacial score (nSPS) is 12.7. The Kier molecular flexibility index (Phi) is 9.47. The van der Waals surface area contributed by atoms with Gasteiger partial charge in [0, 0.05) is 24.2 Å². The Hall–Kier alpha value is -2.64. The summed E-state index contributed by atoms with van der Waals surface area (Å²) >= 11 is 12.1. The second-order valence-electron chi connectivity index (χ2n) is 7.57. The lowest BCUT2D eigenvalue weighted by molar-refractivity contribution is -0.385. The van der Waals surface area contributed by atoms with E-state index in [0.29, 0.717) is 27.6 Å². The largest absolute Gasteiger partial charge is 0.352 e. The zero-order valence-electron chi connectivity index (χ0n) is 18.3. The SMILES string of the molecule is CC[C@H](C)NC(=O)[C@H](CC)N(Cc1ccc(Cl)c(Cl)c1)C(=O)Cc1ccccc1[N+](=O)[O-]. The molecule has 1 N–H and O–H groups in total. The highest BCUT2D eigenvalue weighted by Crippen LogP contribution is 2.25. The van der Waals surface area contributed by atoms with Crippen molar-refractivity contribution in [2.75, 3.05) is 0 Å². The molecule has 0 heterocycles. The molecule has 2 rings (SSSR count). The highest BCUT2D eigenvalue weighted by atomic mass is 35.5. The van der Waals surface area contributed by atoms with Crippen LogP contribution in [0.2, 0.25) is 10.0 Å². The van der Waals surface area contributed by atoms with Gasteiger partial charge in [0.1, 0.15) is 6.04 Å². The summed E-state index contributed by atoms with van der Waals surface area (Å²) in [4.78, 5) is 38.6. The Bertz CT molecular complexity index is 983. The number of halogens is 2. The summed E-state index contributed by atoms with van der Waals surface area (Å²) in [6, 6.07) is 10.3. The number of hydrogen-bond donors (Lipinski definition) is 1. The number of carbonyl (C=O) groups excluding carboxylic acids is 2. The van der Waals surface area contributed by atoms with E-state index >= 15 is 0 Å². The maximum Gasteiger partial charge on any atom is 0.273 e. The van der Waals surface area contributed by atoms with E-state index in [2.05, 4.69) is 5.32 Å². The van der Waals surface area contributed by atoms with E-state index < -0.39 is 16.9 Å². The number of nitro groups is 1. The molecule has 0 saturated heterocycles. The summed E-state index contributed by atoms with van der Waals surface area (Å²) in [6.45, 7) is 5.78. The van der Waals surface area contributed by atoms with Gasteiger partial charge in [0.15, 0.2) is 0 Å². The van der Waals surface area contributed by atoms with Crippen molar-refractivity contribution in [3.8, 4) is 0 Å². The maximum absolute atomic E-state index is 13.4. The summed E-state index contributed by atoms with van der Waals surface area (Å²) in [5.41, 5.74) is 0.858. The van der Waals surface area contributed by atoms with Crippen LogP contribution in [0.15, 0.2) is 42.5 Å². The molecule has 2 atom stereocenters. The van der Waals surface area contributed by atoms with E-state index in [1.54, 1.807) is 36.4 Å². The highest BCUT2D eigenvalue weighted by molar-refractivity contribution is 6.42. The van der Waals surface area contributed by atoms with Crippen LogP contribution < -0.4 is 5.32 Å². The molecule has 0 aliphatic carbocycles. The summed E-state index contributed by atoms with van der Waals surface area (Å²) in [6.07, 6.45) is 0.928. The number of nitrogens with one attached hydrogen (secondary N) is 1. The molecule has 32 heavy (non-hydrogen) atoms. The third kappa shape index (κ3) is 6.68.